The summed E-state index contributed by atoms with van der Waals surface area (Å²) in [6.45, 7) is 0.312. The summed E-state index contributed by atoms with van der Waals surface area (Å²) in [5.41, 5.74) is 1.50. The van der Waals surface area contributed by atoms with Crippen LogP contribution in [0.5, 0.6) is 5.88 Å². The molecular formula is C24H29F3N4O5S. The highest BCUT2D eigenvalue weighted by molar-refractivity contribution is 7.92. The number of nitrogens with zero attached hydrogens (tertiary/aromatic N) is 2. The van der Waals surface area contributed by atoms with Gasteiger partial charge in [0, 0.05) is 19.2 Å². The molecule has 2 fully saturated rings. The third kappa shape index (κ3) is 7.48. The number of nitrogens with one attached hydrogen (secondary N) is 2. The Morgan fingerprint density at radius 2 is 1.86 bits per heavy atom. The van der Waals surface area contributed by atoms with Gasteiger partial charge < -0.3 is 20.1 Å². The van der Waals surface area contributed by atoms with Crippen molar-refractivity contribution in [3.63, 3.8) is 0 Å². The Bertz CT molecular complexity index is 1230. The fourth-order valence-corrected chi connectivity index (χ4v) is 5.15. The predicted octanol–water partition coefficient (Wildman–Crippen LogP) is 3.78. The number of sulfonamides is 1. The van der Waals surface area contributed by atoms with Gasteiger partial charge in [-0.15, -0.1) is 0 Å². The van der Waals surface area contributed by atoms with Crippen LogP contribution in [0.2, 0.25) is 0 Å². The second kappa shape index (κ2) is 10.7. The van der Waals surface area contributed by atoms with Crippen molar-refractivity contribution in [1.82, 2.24) is 4.98 Å². The maximum Gasteiger partial charge on any atom is 0.392 e. The summed E-state index contributed by atoms with van der Waals surface area (Å²) in [6, 6.07) is 8.95. The molecule has 1 aliphatic heterocycles. The number of amides is 1. The molecule has 1 amide bonds. The summed E-state index contributed by atoms with van der Waals surface area (Å²) in [5, 5.41) is 11.7. The number of anilines is 3. The van der Waals surface area contributed by atoms with Crippen molar-refractivity contribution in [3.05, 3.63) is 42.0 Å². The number of benzene rings is 1. The number of halogens is 3. The molecule has 2 heterocycles. The predicted molar refractivity (Wildman–Crippen MR) is 132 cm³/mol. The summed E-state index contributed by atoms with van der Waals surface area (Å²) in [6.07, 6.45) is -1.13. The van der Waals surface area contributed by atoms with E-state index in [0.29, 0.717) is 29.8 Å². The lowest BCUT2D eigenvalue weighted by Crippen LogP contribution is -2.35. The number of aliphatic hydroxyl groups excluding tert-OH is 1. The van der Waals surface area contributed by atoms with Gasteiger partial charge in [0.2, 0.25) is 15.9 Å². The van der Waals surface area contributed by atoms with E-state index in [1.165, 1.54) is 43.2 Å². The second-order valence-corrected chi connectivity index (χ2v) is 11.2. The number of alkyl halides is 3. The number of hydrogen-bond acceptors (Lipinski definition) is 7. The molecule has 0 atom stereocenters. The Balaban J connectivity index is 1.52. The highest BCUT2D eigenvalue weighted by atomic mass is 32.2. The lowest BCUT2D eigenvalue weighted by molar-refractivity contribution is -0.139. The number of carbonyl (C=O) groups is 1. The molecule has 0 bridgehead atoms. The van der Waals surface area contributed by atoms with Crippen LogP contribution in [0.3, 0.4) is 0 Å². The number of ether oxygens (including phenoxy) is 1. The van der Waals surface area contributed by atoms with Crippen LogP contribution in [0.1, 0.15) is 42.5 Å². The third-order valence-corrected chi connectivity index (χ3v) is 7.86. The van der Waals surface area contributed by atoms with E-state index in [4.69, 9.17) is 9.84 Å². The van der Waals surface area contributed by atoms with Crippen LogP contribution in [0.4, 0.5) is 30.4 Å². The van der Waals surface area contributed by atoms with Gasteiger partial charge in [0.25, 0.3) is 5.91 Å². The molecule has 2 aromatic rings. The number of pyridine rings is 1. The van der Waals surface area contributed by atoms with Crippen molar-refractivity contribution in [2.45, 2.75) is 38.3 Å². The van der Waals surface area contributed by atoms with Crippen LogP contribution < -0.4 is 19.7 Å². The molecule has 202 valence electrons. The smallest absolute Gasteiger partial charge is 0.392 e. The zero-order valence-corrected chi connectivity index (χ0v) is 20.9. The lowest BCUT2D eigenvalue weighted by atomic mass is 9.93. The minimum absolute atomic E-state index is 0.0540. The molecule has 1 aliphatic carbocycles. The maximum absolute atomic E-state index is 13.2. The Morgan fingerprint density at radius 1 is 1.14 bits per heavy atom. The van der Waals surface area contributed by atoms with E-state index in [0.717, 1.165) is 12.8 Å². The van der Waals surface area contributed by atoms with E-state index in [2.05, 4.69) is 15.0 Å². The van der Waals surface area contributed by atoms with E-state index in [-0.39, 0.29) is 17.4 Å². The number of rotatable bonds is 10. The first-order chi connectivity index (χ1) is 17.5. The van der Waals surface area contributed by atoms with Gasteiger partial charge in [0.1, 0.15) is 5.82 Å². The monoisotopic (exact) mass is 542 g/mol. The molecule has 13 heteroatoms. The van der Waals surface area contributed by atoms with Gasteiger partial charge in [-0.1, -0.05) is 6.07 Å². The van der Waals surface area contributed by atoms with Crippen molar-refractivity contribution >= 4 is 33.1 Å². The second-order valence-electron chi connectivity index (χ2n) is 9.39. The fourth-order valence-electron chi connectivity index (χ4n) is 4.32. The fraction of sp³-hybridized carbons (Fsp3) is 0.500. The summed E-state index contributed by atoms with van der Waals surface area (Å²) in [7, 11) is -3.76. The Kier molecular flexibility index (Phi) is 7.83. The van der Waals surface area contributed by atoms with E-state index in [1.807, 2.05) is 4.90 Å². The Morgan fingerprint density at radius 3 is 2.51 bits per heavy atom. The van der Waals surface area contributed by atoms with Gasteiger partial charge in [0.05, 0.1) is 42.3 Å². The van der Waals surface area contributed by atoms with Gasteiger partial charge in [-0.25, -0.2) is 8.42 Å². The number of hydrogen-bond donors (Lipinski definition) is 3. The van der Waals surface area contributed by atoms with Crippen LogP contribution in [0.25, 0.3) is 0 Å². The minimum atomic E-state index is -4.35. The summed E-state index contributed by atoms with van der Waals surface area (Å²) >= 11 is 0. The average Bonchev–Trinajstić information content (AvgIpc) is 3.57. The molecule has 3 N–H and O–H groups in total. The summed E-state index contributed by atoms with van der Waals surface area (Å²) in [5.74, 6) is -0.916. The number of aromatic nitrogens is 1. The van der Waals surface area contributed by atoms with Crippen LogP contribution in [0, 0.1) is 5.41 Å². The lowest BCUT2D eigenvalue weighted by Gasteiger charge is -2.35. The Labute approximate surface area is 213 Å². The topological polar surface area (TPSA) is 121 Å². The molecule has 2 aliphatic rings. The molecule has 1 aromatic carbocycles. The van der Waals surface area contributed by atoms with E-state index in [9.17, 15) is 26.4 Å². The van der Waals surface area contributed by atoms with Gasteiger partial charge in [-0.2, -0.15) is 18.2 Å². The summed E-state index contributed by atoms with van der Waals surface area (Å²) < 4.78 is 68.9. The minimum Gasteiger partial charge on any atom is -0.477 e. The molecule has 1 saturated heterocycles. The van der Waals surface area contributed by atoms with Gasteiger partial charge in [-0.05, 0) is 55.4 Å². The normalized spacial score (nSPS) is 16.9. The molecule has 0 radical (unpaired) electrons. The van der Waals surface area contributed by atoms with Crippen LogP contribution in [-0.2, 0) is 10.0 Å². The van der Waals surface area contributed by atoms with Gasteiger partial charge in [-0.3, -0.25) is 9.52 Å². The molecule has 37 heavy (non-hydrogen) atoms. The first-order valence-electron chi connectivity index (χ1n) is 12.0. The highest BCUT2D eigenvalue weighted by Gasteiger charge is 2.44. The molecule has 1 saturated carbocycles. The largest absolute Gasteiger partial charge is 0.477 e. The highest BCUT2D eigenvalue weighted by Crippen LogP contribution is 2.54. The third-order valence-electron chi connectivity index (χ3n) is 6.60. The number of aliphatic hydroxyl groups is 1. The number of piperidine rings is 1. The average molecular weight is 543 g/mol. The number of carbonyl (C=O) groups excluding carboxylic acids is 1. The molecule has 1 spiro atoms. The standard InChI is InChI=1S/C24H29F3N4O5S/c25-24(26,27)10-14-36-21-3-1-2-20(28-21)29-22(33)18-5-4-17(30-37(34,35)15-13-32)16-19(18)31-11-8-23(6-7-23)9-12-31/h1-5,16,30,32H,6-15H2,(H,28,29,33). The first kappa shape index (κ1) is 27.0. The van der Waals surface area contributed by atoms with Crippen molar-refractivity contribution in [1.29, 1.82) is 0 Å². The van der Waals surface area contributed by atoms with Crippen molar-refractivity contribution < 1.29 is 36.2 Å². The van der Waals surface area contributed by atoms with Crippen LogP contribution in [-0.4, -0.2) is 62.6 Å². The SMILES string of the molecule is O=C(Nc1cccc(OCCC(F)(F)F)n1)c1ccc(NS(=O)(=O)CCO)cc1N1CCC2(CC1)CC2. The quantitative estimate of drug-likeness (QED) is 0.418. The van der Waals surface area contributed by atoms with Crippen molar-refractivity contribution in [2.75, 3.05) is 47.0 Å². The molecule has 4 rings (SSSR count). The van der Waals surface area contributed by atoms with E-state index in [1.54, 1.807) is 6.07 Å². The van der Waals surface area contributed by atoms with Crippen LogP contribution >= 0.6 is 0 Å². The van der Waals surface area contributed by atoms with E-state index < -0.39 is 47.5 Å². The van der Waals surface area contributed by atoms with Gasteiger partial charge >= 0.3 is 6.18 Å². The molecule has 9 nitrogen and oxygen atoms in total. The van der Waals surface area contributed by atoms with Gasteiger partial charge in [0.15, 0.2) is 0 Å². The zero-order chi connectivity index (χ0) is 26.7. The van der Waals surface area contributed by atoms with Crippen LogP contribution in [0.15, 0.2) is 36.4 Å². The summed E-state index contributed by atoms with van der Waals surface area (Å²) in [4.78, 5) is 19.3. The molecule has 0 unspecified atom stereocenters. The Hall–Kier alpha value is -3.06. The molecule has 1 aromatic heterocycles. The first-order valence-corrected chi connectivity index (χ1v) is 13.6. The van der Waals surface area contributed by atoms with Crippen molar-refractivity contribution in [3.8, 4) is 5.88 Å². The molecular weight excluding hydrogens is 513 g/mol. The zero-order valence-electron chi connectivity index (χ0n) is 20.1. The maximum atomic E-state index is 13.2. The van der Waals surface area contributed by atoms with Crippen molar-refractivity contribution in [2.24, 2.45) is 5.41 Å². The van der Waals surface area contributed by atoms with E-state index >= 15 is 0 Å².